The summed E-state index contributed by atoms with van der Waals surface area (Å²) in [4.78, 5) is 0. The predicted molar refractivity (Wildman–Crippen MR) is 43.1 cm³/mol. The molecule has 1 heterocycles. The molecule has 12 heavy (non-hydrogen) atoms. The fourth-order valence-corrected chi connectivity index (χ4v) is 1.93. The standard InChI is InChI=1S/C7H15N3O2/c1-8-6-2-4(11)5(12)3-7(6)9-10-7/h4-6,8-12H,2-3H2,1H3/t4?,5?,6-/m1/s1. The van der Waals surface area contributed by atoms with Crippen LogP contribution in [0.25, 0.3) is 0 Å². The van der Waals surface area contributed by atoms with Crippen LogP contribution in [-0.2, 0) is 0 Å². The van der Waals surface area contributed by atoms with Crippen molar-refractivity contribution in [1.29, 1.82) is 0 Å². The second-order valence-electron chi connectivity index (χ2n) is 3.64. The SMILES string of the molecule is CN[C@@H]1CC(O)C(O)CC12NN2. The molecule has 1 saturated carbocycles. The van der Waals surface area contributed by atoms with E-state index in [0.717, 1.165) is 0 Å². The summed E-state index contributed by atoms with van der Waals surface area (Å²) in [6.07, 6.45) is -0.0773. The van der Waals surface area contributed by atoms with E-state index in [9.17, 15) is 10.2 Å². The minimum absolute atomic E-state index is 0.173. The van der Waals surface area contributed by atoms with Crippen LogP contribution in [0.15, 0.2) is 0 Å². The maximum Gasteiger partial charge on any atom is 0.112 e. The average molecular weight is 173 g/mol. The maximum absolute atomic E-state index is 9.41. The summed E-state index contributed by atoms with van der Waals surface area (Å²) >= 11 is 0. The van der Waals surface area contributed by atoms with Gasteiger partial charge in [-0.1, -0.05) is 0 Å². The first kappa shape index (κ1) is 8.40. The van der Waals surface area contributed by atoms with Gasteiger partial charge in [0.25, 0.3) is 0 Å². The minimum atomic E-state index is -0.614. The predicted octanol–water partition coefficient (Wildman–Crippen LogP) is -2.11. The van der Waals surface area contributed by atoms with E-state index in [0.29, 0.717) is 12.8 Å². The lowest BCUT2D eigenvalue weighted by Gasteiger charge is -2.35. The zero-order chi connectivity index (χ0) is 8.77. The van der Waals surface area contributed by atoms with Crippen LogP contribution in [-0.4, -0.2) is 41.2 Å². The van der Waals surface area contributed by atoms with Crippen LogP contribution >= 0.6 is 0 Å². The third-order valence-corrected chi connectivity index (χ3v) is 2.84. The molecule has 5 nitrogen and oxygen atoms in total. The van der Waals surface area contributed by atoms with Gasteiger partial charge in [-0.2, -0.15) is 0 Å². The zero-order valence-corrected chi connectivity index (χ0v) is 7.04. The first-order valence-corrected chi connectivity index (χ1v) is 4.26. The molecule has 2 aliphatic rings. The minimum Gasteiger partial charge on any atom is -0.390 e. The first-order valence-electron chi connectivity index (χ1n) is 4.26. The highest BCUT2D eigenvalue weighted by molar-refractivity contribution is 5.10. The highest BCUT2D eigenvalue weighted by Crippen LogP contribution is 2.31. The summed E-state index contributed by atoms with van der Waals surface area (Å²) < 4.78 is 0. The number of hydrogen-bond donors (Lipinski definition) is 5. The molecule has 1 saturated heterocycles. The summed E-state index contributed by atoms with van der Waals surface area (Å²) in [5.74, 6) is 0. The Balaban J connectivity index is 2.06. The molecular formula is C7H15N3O2. The normalized spacial score (nSPS) is 44.8. The number of nitrogens with one attached hydrogen (secondary N) is 3. The molecule has 70 valence electrons. The van der Waals surface area contributed by atoms with E-state index in [1.54, 1.807) is 0 Å². The second-order valence-corrected chi connectivity index (χ2v) is 3.64. The fourth-order valence-electron chi connectivity index (χ4n) is 1.93. The number of aliphatic hydroxyl groups is 2. The molecule has 1 spiro atoms. The van der Waals surface area contributed by atoms with E-state index >= 15 is 0 Å². The van der Waals surface area contributed by atoms with Gasteiger partial charge in [0.1, 0.15) is 5.66 Å². The summed E-state index contributed by atoms with van der Waals surface area (Å²) in [5, 5.41) is 21.9. The highest BCUT2D eigenvalue weighted by atomic mass is 16.3. The molecule has 5 heteroatoms. The van der Waals surface area contributed by atoms with Gasteiger partial charge in [-0.25, -0.2) is 10.9 Å². The van der Waals surface area contributed by atoms with Gasteiger partial charge in [0, 0.05) is 12.5 Å². The van der Waals surface area contributed by atoms with Crippen LogP contribution < -0.4 is 16.2 Å². The van der Waals surface area contributed by atoms with Crippen molar-refractivity contribution in [1.82, 2.24) is 16.2 Å². The third-order valence-electron chi connectivity index (χ3n) is 2.84. The molecule has 0 aromatic rings. The summed E-state index contributed by atoms with van der Waals surface area (Å²) in [7, 11) is 1.86. The van der Waals surface area contributed by atoms with Gasteiger partial charge in [-0.15, -0.1) is 0 Å². The number of aliphatic hydroxyl groups excluding tert-OH is 2. The van der Waals surface area contributed by atoms with Crippen LogP contribution in [0.1, 0.15) is 12.8 Å². The van der Waals surface area contributed by atoms with Crippen LogP contribution in [0, 0.1) is 0 Å². The second kappa shape index (κ2) is 2.65. The summed E-state index contributed by atoms with van der Waals surface area (Å²) in [5.41, 5.74) is 5.86. The molecule has 0 bridgehead atoms. The Bertz CT molecular complexity index is 183. The van der Waals surface area contributed by atoms with Crippen molar-refractivity contribution in [3.63, 3.8) is 0 Å². The Morgan fingerprint density at radius 3 is 2.50 bits per heavy atom. The van der Waals surface area contributed by atoms with Gasteiger partial charge >= 0.3 is 0 Å². The fraction of sp³-hybridized carbons (Fsp3) is 1.00. The Morgan fingerprint density at radius 2 is 2.00 bits per heavy atom. The summed E-state index contributed by atoms with van der Waals surface area (Å²) in [6.45, 7) is 0. The third kappa shape index (κ3) is 1.14. The van der Waals surface area contributed by atoms with Crippen molar-refractivity contribution >= 4 is 0 Å². The summed E-state index contributed by atoms with van der Waals surface area (Å²) in [6, 6.07) is 0.191. The van der Waals surface area contributed by atoms with E-state index in [1.165, 1.54) is 0 Å². The molecule has 0 amide bonds. The number of rotatable bonds is 1. The van der Waals surface area contributed by atoms with E-state index in [4.69, 9.17) is 0 Å². The van der Waals surface area contributed by atoms with Crippen LogP contribution in [0.5, 0.6) is 0 Å². The quantitative estimate of drug-likeness (QED) is 0.293. The number of hydrogen-bond acceptors (Lipinski definition) is 5. The molecule has 2 unspecified atom stereocenters. The van der Waals surface area contributed by atoms with Gasteiger partial charge in [-0.3, -0.25) is 0 Å². The van der Waals surface area contributed by atoms with Crippen molar-refractivity contribution in [2.24, 2.45) is 0 Å². The monoisotopic (exact) mass is 173 g/mol. The van der Waals surface area contributed by atoms with Crippen molar-refractivity contribution in [2.45, 2.75) is 36.8 Å². The molecule has 3 atom stereocenters. The zero-order valence-electron chi connectivity index (χ0n) is 7.04. The molecule has 2 rings (SSSR count). The molecule has 0 aromatic heterocycles. The average Bonchev–Trinajstić information content (AvgIpc) is 2.78. The van der Waals surface area contributed by atoms with Crippen molar-refractivity contribution in [3.8, 4) is 0 Å². The lowest BCUT2D eigenvalue weighted by atomic mass is 9.84. The Kier molecular flexibility index (Phi) is 1.85. The lowest BCUT2D eigenvalue weighted by Crippen LogP contribution is -2.55. The molecule has 0 aromatic carbocycles. The Labute approximate surface area is 71.1 Å². The molecule has 5 N–H and O–H groups in total. The largest absolute Gasteiger partial charge is 0.390 e. The van der Waals surface area contributed by atoms with Gasteiger partial charge in [0.15, 0.2) is 0 Å². The lowest BCUT2D eigenvalue weighted by molar-refractivity contribution is -0.0305. The van der Waals surface area contributed by atoms with E-state index in [1.807, 2.05) is 7.05 Å². The Morgan fingerprint density at radius 1 is 1.33 bits per heavy atom. The molecule has 1 aliphatic carbocycles. The number of likely N-dealkylation sites (N-methyl/N-ethyl adjacent to an activating group) is 1. The smallest absolute Gasteiger partial charge is 0.112 e. The highest BCUT2D eigenvalue weighted by Gasteiger charge is 2.54. The van der Waals surface area contributed by atoms with Crippen molar-refractivity contribution in [2.75, 3.05) is 7.05 Å². The van der Waals surface area contributed by atoms with Crippen molar-refractivity contribution in [3.05, 3.63) is 0 Å². The van der Waals surface area contributed by atoms with Gasteiger partial charge in [0.2, 0.25) is 0 Å². The van der Waals surface area contributed by atoms with E-state index in [-0.39, 0.29) is 11.7 Å². The Hall–Kier alpha value is -0.200. The molecule has 2 fully saturated rings. The van der Waals surface area contributed by atoms with E-state index < -0.39 is 12.2 Å². The van der Waals surface area contributed by atoms with Crippen LogP contribution in [0.4, 0.5) is 0 Å². The van der Waals surface area contributed by atoms with Gasteiger partial charge < -0.3 is 15.5 Å². The van der Waals surface area contributed by atoms with E-state index in [2.05, 4.69) is 16.2 Å². The first-order chi connectivity index (χ1) is 5.68. The molecule has 1 aliphatic heterocycles. The van der Waals surface area contributed by atoms with Gasteiger partial charge in [0.05, 0.1) is 12.2 Å². The maximum atomic E-state index is 9.41. The van der Waals surface area contributed by atoms with Crippen LogP contribution in [0.2, 0.25) is 0 Å². The molecular weight excluding hydrogens is 158 g/mol. The molecule has 0 radical (unpaired) electrons. The van der Waals surface area contributed by atoms with Crippen LogP contribution in [0.3, 0.4) is 0 Å². The number of hydrazine groups is 1. The van der Waals surface area contributed by atoms with Crippen molar-refractivity contribution < 1.29 is 10.2 Å². The van der Waals surface area contributed by atoms with Gasteiger partial charge in [-0.05, 0) is 13.5 Å². The topological polar surface area (TPSA) is 96.4 Å².